The van der Waals surface area contributed by atoms with Crippen molar-refractivity contribution in [1.82, 2.24) is 20.0 Å². The van der Waals surface area contributed by atoms with Crippen molar-refractivity contribution in [1.29, 1.82) is 0 Å². The maximum atomic E-state index is 12.6. The molecule has 1 atom stereocenters. The molecule has 1 aliphatic heterocycles. The second-order valence-electron chi connectivity index (χ2n) is 6.43. The number of piperidine rings is 1. The van der Waals surface area contributed by atoms with E-state index in [1.807, 2.05) is 40.2 Å². The molecule has 7 heteroatoms. The summed E-state index contributed by atoms with van der Waals surface area (Å²) in [5.41, 5.74) is 1.36. The summed E-state index contributed by atoms with van der Waals surface area (Å²) in [5.74, 6) is -0.0452. The number of aryl methyl sites for hydroxylation is 2. The predicted molar refractivity (Wildman–Crippen MR) is 98.0 cm³/mol. The maximum Gasteiger partial charge on any atom is 0.263 e. The van der Waals surface area contributed by atoms with Crippen molar-refractivity contribution in [2.45, 2.75) is 45.7 Å². The molecule has 0 bridgehead atoms. The average Bonchev–Trinajstić information content (AvgIpc) is 3.24. The third-order valence-corrected chi connectivity index (χ3v) is 5.28. The summed E-state index contributed by atoms with van der Waals surface area (Å²) in [4.78, 5) is 27.7. The van der Waals surface area contributed by atoms with Crippen molar-refractivity contribution in [2.24, 2.45) is 0 Å². The van der Waals surface area contributed by atoms with Crippen LogP contribution in [0.4, 0.5) is 0 Å². The van der Waals surface area contributed by atoms with Crippen molar-refractivity contribution in [3.63, 3.8) is 0 Å². The third kappa shape index (κ3) is 4.10. The molecular formula is C18H24N4O2S. The van der Waals surface area contributed by atoms with Crippen LogP contribution in [0, 0.1) is 6.92 Å². The molecule has 0 aliphatic carbocycles. The monoisotopic (exact) mass is 360 g/mol. The quantitative estimate of drug-likeness (QED) is 0.891. The smallest absolute Gasteiger partial charge is 0.263 e. The molecule has 1 fully saturated rings. The van der Waals surface area contributed by atoms with Crippen LogP contribution in [-0.2, 0) is 6.54 Å². The molecule has 2 aromatic heterocycles. The van der Waals surface area contributed by atoms with E-state index in [1.165, 1.54) is 11.3 Å². The number of likely N-dealkylation sites (tertiary alicyclic amines) is 1. The summed E-state index contributed by atoms with van der Waals surface area (Å²) in [5, 5.41) is 9.37. The standard InChI is InChI=1S/C18H24N4O2S/c1-3-8-22-12-15(13(2)20-22)17(23)19-14-6-4-9-21(11-14)18(24)16-7-5-10-25-16/h5,7,10,12,14H,3-4,6,8-9,11H2,1-2H3,(H,19,23). The van der Waals surface area contributed by atoms with Gasteiger partial charge < -0.3 is 10.2 Å². The van der Waals surface area contributed by atoms with Crippen LogP contribution in [0.2, 0.25) is 0 Å². The molecule has 6 nitrogen and oxygen atoms in total. The highest BCUT2D eigenvalue weighted by atomic mass is 32.1. The molecule has 1 saturated heterocycles. The van der Waals surface area contributed by atoms with E-state index in [0.717, 1.165) is 42.9 Å². The predicted octanol–water partition coefficient (Wildman–Crippen LogP) is 2.70. The number of nitrogens with zero attached hydrogens (tertiary/aromatic N) is 3. The summed E-state index contributed by atoms with van der Waals surface area (Å²) >= 11 is 1.46. The van der Waals surface area contributed by atoms with E-state index in [4.69, 9.17) is 0 Å². The van der Waals surface area contributed by atoms with E-state index in [0.29, 0.717) is 12.1 Å². The Hall–Kier alpha value is -2.15. The van der Waals surface area contributed by atoms with Gasteiger partial charge in [-0.2, -0.15) is 5.10 Å². The van der Waals surface area contributed by atoms with Gasteiger partial charge in [0, 0.05) is 31.9 Å². The van der Waals surface area contributed by atoms with Crippen molar-refractivity contribution in [3.8, 4) is 0 Å². The fourth-order valence-electron chi connectivity index (χ4n) is 3.18. The Balaban J connectivity index is 1.62. The van der Waals surface area contributed by atoms with Crippen LogP contribution in [0.5, 0.6) is 0 Å². The first-order valence-electron chi connectivity index (χ1n) is 8.76. The van der Waals surface area contributed by atoms with E-state index < -0.39 is 0 Å². The van der Waals surface area contributed by atoms with Crippen LogP contribution in [0.15, 0.2) is 23.7 Å². The molecule has 25 heavy (non-hydrogen) atoms. The second kappa shape index (κ2) is 7.82. The highest BCUT2D eigenvalue weighted by Gasteiger charge is 2.27. The van der Waals surface area contributed by atoms with Gasteiger partial charge in [0.25, 0.3) is 11.8 Å². The normalized spacial score (nSPS) is 17.5. The minimum absolute atomic E-state index is 0.0147. The minimum atomic E-state index is -0.102. The molecule has 1 N–H and O–H groups in total. The Morgan fingerprint density at radius 2 is 2.28 bits per heavy atom. The molecule has 0 saturated carbocycles. The van der Waals surface area contributed by atoms with E-state index >= 15 is 0 Å². The Bertz CT molecular complexity index is 738. The first-order chi connectivity index (χ1) is 12.1. The van der Waals surface area contributed by atoms with Gasteiger partial charge in [-0.15, -0.1) is 11.3 Å². The lowest BCUT2D eigenvalue weighted by atomic mass is 10.0. The van der Waals surface area contributed by atoms with Gasteiger partial charge in [0.1, 0.15) is 0 Å². The van der Waals surface area contributed by atoms with Crippen molar-refractivity contribution in [2.75, 3.05) is 13.1 Å². The second-order valence-corrected chi connectivity index (χ2v) is 7.38. The lowest BCUT2D eigenvalue weighted by Crippen LogP contribution is -2.49. The molecule has 2 aromatic rings. The Labute approximate surface area is 151 Å². The molecule has 2 amide bonds. The highest BCUT2D eigenvalue weighted by Crippen LogP contribution is 2.17. The van der Waals surface area contributed by atoms with Gasteiger partial charge in [-0.1, -0.05) is 13.0 Å². The van der Waals surface area contributed by atoms with Gasteiger partial charge in [-0.05, 0) is 37.6 Å². The van der Waals surface area contributed by atoms with Crippen molar-refractivity contribution < 1.29 is 9.59 Å². The molecule has 134 valence electrons. The summed E-state index contributed by atoms with van der Waals surface area (Å²) in [6.45, 7) is 6.05. The van der Waals surface area contributed by atoms with Crippen LogP contribution in [-0.4, -0.2) is 45.6 Å². The zero-order valence-electron chi connectivity index (χ0n) is 14.7. The molecule has 1 aliphatic rings. The van der Waals surface area contributed by atoms with Gasteiger partial charge in [-0.3, -0.25) is 14.3 Å². The fourth-order valence-corrected chi connectivity index (χ4v) is 3.87. The number of hydrogen-bond acceptors (Lipinski definition) is 4. The molecule has 0 aromatic carbocycles. The summed E-state index contributed by atoms with van der Waals surface area (Å²) in [6.07, 6.45) is 4.58. The summed E-state index contributed by atoms with van der Waals surface area (Å²) < 4.78 is 1.82. The largest absolute Gasteiger partial charge is 0.347 e. The van der Waals surface area contributed by atoms with Gasteiger partial charge in [-0.25, -0.2) is 0 Å². The summed E-state index contributed by atoms with van der Waals surface area (Å²) in [6, 6.07) is 3.72. The highest BCUT2D eigenvalue weighted by molar-refractivity contribution is 7.12. The third-order valence-electron chi connectivity index (χ3n) is 4.42. The molecule has 0 spiro atoms. The van der Waals surface area contributed by atoms with Crippen LogP contribution in [0.25, 0.3) is 0 Å². The van der Waals surface area contributed by atoms with Crippen molar-refractivity contribution in [3.05, 3.63) is 39.8 Å². The van der Waals surface area contributed by atoms with Crippen LogP contribution in [0.3, 0.4) is 0 Å². The van der Waals surface area contributed by atoms with Crippen LogP contribution >= 0.6 is 11.3 Å². The van der Waals surface area contributed by atoms with Crippen molar-refractivity contribution >= 4 is 23.2 Å². The number of aromatic nitrogens is 2. The molecule has 3 rings (SSSR count). The zero-order chi connectivity index (χ0) is 17.8. The SMILES string of the molecule is CCCn1cc(C(=O)NC2CCCN(C(=O)c3cccs3)C2)c(C)n1. The number of carbonyl (C=O) groups excluding carboxylic acids is 2. The van der Waals surface area contributed by atoms with Gasteiger partial charge >= 0.3 is 0 Å². The lowest BCUT2D eigenvalue weighted by molar-refractivity contribution is 0.0680. The molecular weight excluding hydrogens is 336 g/mol. The number of rotatable bonds is 5. The topological polar surface area (TPSA) is 67.2 Å². The van der Waals surface area contributed by atoms with E-state index in [2.05, 4.69) is 17.3 Å². The number of nitrogens with one attached hydrogen (secondary N) is 1. The Kier molecular flexibility index (Phi) is 5.53. The molecule has 0 radical (unpaired) electrons. The Morgan fingerprint density at radius 1 is 1.44 bits per heavy atom. The van der Waals surface area contributed by atoms with E-state index in [9.17, 15) is 9.59 Å². The fraction of sp³-hybridized carbons (Fsp3) is 0.500. The number of thiophene rings is 1. The first-order valence-corrected chi connectivity index (χ1v) is 9.64. The average molecular weight is 360 g/mol. The summed E-state index contributed by atoms with van der Waals surface area (Å²) in [7, 11) is 0. The van der Waals surface area contributed by atoms with E-state index in [1.54, 1.807) is 0 Å². The number of amides is 2. The van der Waals surface area contributed by atoms with E-state index in [-0.39, 0.29) is 17.9 Å². The van der Waals surface area contributed by atoms with Crippen LogP contribution in [0.1, 0.15) is 51.9 Å². The lowest BCUT2D eigenvalue weighted by Gasteiger charge is -2.33. The van der Waals surface area contributed by atoms with Crippen LogP contribution < -0.4 is 5.32 Å². The minimum Gasteiger partial charge on any atom is -0.347 e. The molecule has 3 heterocycles. The molecule has 1 unspecified atom stereocenters. The van der Waals surface area contributed by atoms with Gasteiger partial charge in [0.05, 0.1) is 16.1 Å². The number of carbonyl (C=O) groups is 2. The zero-order valence-corrected chi connectivity index (χ0v) is 15.5. The Morgan fingerprint density at radius 3 is 3.00 bits per heavy atom. The van der Waals surface area contributed by atoms with Gasteiger partial charge in [0.15, 0.2) is 0 Å². The number of hydrogen-bond donors (Lipinski definition) is 1. The first kappa shape index (κ1) is 17.7. The van der Waals surface area contributed by atoms with Gasteiger partial charge in [0.2, 0.25) is 0 Å². The maximum absolute atomic E-state index is 12.6.